The van der Waals surface area contributed by atoms with Gasteiger partial charge in [-0.2, -0.15) is 0 Å². The maximum Gasteiger partial charge on any atom is 0.222 e. The monoisotopic (exact) mass is 324 g/mol. The molecule has 1 aromatic rings. The molecule has 1 amide bonds. The van der Waals surface area contributed by atoms with Gasteiger partial charge in [-0.1, -0.05) is 25.4 Å². The van der Waals surface area contributed by atoms with Crippen molar-refractivity contribution in [1.29, 1.82) is 0 Å². The minimum absolute atomic E-state index is 0.258. The third kappa shape index (κ3) is 3.86. The first-order chi connectivity index (χ1) is 10.4. The van der Waals surface area contributed by atoms with E-state index in [9.17, 15) is 4.79 Å². The Balaban J connectivity index is 2.06. The summed E-state index contributed by atoms with van der Waals surface area (Å²) in [6, 6.07) is 3.93. The average Bonchev–Trinajstić information content (AvgIpc) is 2.49. The van der Waals surface area contributed by atoms with Crippen molar-refractivity contribution in [3.05, 3.63) is 22.7 Å². The lowest BCUT2D eigenvalue weighted by Gasteiger charge is -2.37. The second kappa shape index (κ2) is 7.23. The zero-order valence-corrected chi connectivity index (χ0v) is 14.6. The molecule has 1 aliphatic rings. The Morgan fingerprint density at radius 3 is 2.45 bits per heavy atom. The summed E-state index contributed by atoms with van der Waals surface area (Å²) in [6.07, 6.45) is 0.628. The molecular weight excluding hydrogens is 300 g/mol. The van der Waals surface area contributed by atoms with Gasteiger partial charge in [0.1, 0.15) is 5.75 Å². The maximum absolute atomic E-state index is 12.1. The predicted molar refractivity (Wildman–Crippen MR) is 91.0 cm³/mol. The second-order valence-corrected chi connectivity index (χ2v) is 6.65. The van der Waals surface area contributed by atoms with E-state index in [1.165, 1.54) is 0 Å². The standard InChI is InChI=1S/C17H25ClN2O2/c1-12(2)9-17(21)20-7-5-19(6-8-20)15-10-13(3)14(18)11-16(15)22-4/h10-12H,5-9H2,1-4H3. The molecule has 0 aliphatic carbocycles. The maximum atomic E-state index is 12.1. The lowest BCUT2D eigenvalue weighted by molar-refractivity contribution is -0.132. The highest BCUT2D eigenvalue weighted by atomic mass is 35.5. The summed E-state index contributed by atoms with van der Waals surface area (Å²) in [5.74, 6) is 1.45. The van der Waals surface area contributed by atoms with Gasteiger partial charge in [-0.3, -0.25) is 4.79 Å². The summed E-state index contributed by atoms with van der Waals surface area (Å²) >= 11 is 6.17. The number of methoxy groups -OCH3 is 1. The van der Waals surface area contributed by atoms with Crippen LogP contribution in [0, 0.1) is 12.8 Å². The molecule has 1 fully saturated rings. The van der Waals surface area contributed by atoms with Crippen LogP contribution in [0.15, 0.2) is 12.1 Å². The van der Waals surface area contributed by atoms with E-state index >= 15 is 0 Å². The zero-order chi connectivity index (χ0) is 16.3. The summed E-state index contributed by atoms with van der Waals surface area (Å²) in [5.41, 5.74) is 2.09. The van der Waals surface area contributed by atoms with Gasteiger partial charge in [0.15, 0.2) is 0 Å². The van der Waals surface area contributed by atoms with Gasteiger partial charge in [0.25, 0.3) is 0 Å². The number of hydrogen-bond donors (Lipinski definition) is 0. The fourth-order valence-corrected chi connectivity index (χ4v) is 2.89. The number of rotatable bonds is 4. The predicted octanol–water partition coefficient (Wildman–Crippen LogP) is 3.35. The Hall–Kier alpha value is -1.42. The minimum atomic E-state index is 0.258. The van der Waals surface area contributed by atoms with Crippen LogP contribution < -0.4 is 9.64 Å². The number of amides is 1. The minimum Gasteiger partial charge on any atom is -0.495 e. The molecule has 1 aromatic carbocycles. The first-order valence-corrected chi connectivity index (χ1v) is 8.17. The molecule has 0 radical (unpaired) electrons. The first-order valence-electron chi connectivity index (χ1n) is 7.79. The molecule has 1 aliphatic heterocycles. The molecule has 4 nitrogen and oxygen atoms in total. The SMILES string of the molecule is COc1cc(Cl)c(C)cc1N1CCN(C(=O)CC(C)C)CC1. The summed E-state index contributed by atoms with van der Waals surface area (Å²) in [6.45, 7) is 9.31. The third-order valence-corrected chi connectivity index (χ3v) is 4.42. The van der Waals surface area contributed by atoms with E-state index in [4.69, 9.17) is 16.3 Å². The van der Waals surface area contributed by atoms with Crippen LogP contribution in [-0.4, -0.2) is 44.1 Å². The first kappa shape index (κ1) is 16.9. The number of hydrogen-bond acceptors (Lipinski definition) is 3. The third-order valence-electron chi connectivity index (χ3n) is 4.02. The molecule has 0 saturated carbocycles. The van der Waals surface area contributed by atoms with E-state index < -0.39 is 0 Å². The normalized spacial score (nSPS) is 15.4. The van der Waals surface area contributed by atoms with Crippen LogP contribution in [0.25, 0.3) is 0 Å². The highest BCUT2D eigenvalue weighted by Crippen LogP contribution is 2.34. The molecule has 1 saturated heterocycles. The van der Waals surface area contributed by atoms with Crippen molar-refractivity contribution in [2.45, 2.75) is 27.2 Å². The van der Waals surface area contributed by atoms with Crippen molar-refractivity contribution in [3.8, 4) is 5.75 Å². The van der Waals surface area contributed by atoms with Gasteiger partial charge in [-0.05, 0) is 24.5 Å². The van der Waals surface area contributed by atoms with Crippen LogP contribution in [0.1, 0.15) is 25.8 Å². The summed E-state index contributed by atoms with van der Waals surface area (Å²) in [5, 5.41) is 0.714. The van der Waals surface area contributed by atoms with E-state index in [-0.39, 0.29) is 5.91 Å². The Labute approximate surface area is 138 Å². The quantitative estimate of drug-likeness (QED) is 0.851. The Bertz CT molecular complexity index is 538. The lowest BCUT2D eigenvalue weighted by atomic mass is 10.1. The van der Waals surface area contributed by atoms with Crippen molar-refractivity contribution in [2.75, 3.05) is 38.2 Å². The van der Waals surface area contributed by atoms with Gasteiger partial charge in [0, 0.05) is 43.7 Å². The van der Waals surface area contributed by atoms with Crippen LogP contribution in [0.4, 0.5) is 5.69 Å². The van der Waals surface area contributed by atoms with Crippen molar-refractivity contribution >= 4 is 23.2 Å². The topological polar surface area (TPSA) is 32.8 Å². The molecule has 122 valence electrons. The molecule has 0 atom stereocenters. The van der Waals surface area contributed by atoms with Crippen LogP contribution in [0.5, 0.6) is 5.75 Å². The van der Waals surface area contributed by atoms with E-state index in [0.717, 1.165) is 43.2 Å². The number of halogens is 1. The van der Waals surface area contributed by atoms with Crippen LogP contribution >= 0.6 is 11.6 Å². The van der Waals surface area contributed by atoms with E-state index in [1.807, 2.05) is 17.9 Å². The van der Waals surface area contributed by atoms with Gasteiger partial charge < -0.3 is 14.5 Å². The Morgan fingerprint density at radius 1 is 1.27 bits per heavy atom. The summed E-state index contributed by atoms with van der Waals surface area (Å²) in [7, 11) is 1.66. The van der Waals surface area contributed by atoms with E-state index in [2.05, 4.69) is 24.8 Å². The fourth-order valence-electron chi connectivity index (χ4n) is 2.73. The fraction of sp³-hybridized carbons (Fsp3) is 0.588. The Kier molecular flexibility index (Phi) is 5.57. The molecule has 0 unspecified atom stereocenters. The van der Waals surface area contributed by atoms with Crippen LogP contribution in [0.2, 0.25) is 5.02 Å². The molecule has 0 N–H and O–H groups in total. The Morgan fingerprint density at radius 2 is 1.91 bits per heavy atom. The number of benzene rings is 1. The van der Waals surface area contributed by atoms with Gasteiger partial charge in [0.05, 0.1) is 12.8 Å². The smallest absolute Gasteiger partial charge is 0.222 e. The van der Waals surface area contributed by atoms with Gasteiger partial charge in [0.2, 0.25) is 5.91 Å². The van der Waals surface area contributed by atoms with Crippen molar-refractivity contribution in [1.82, 2.24) is 4.90 Å². The second-order valence-electron chi connectivity index (χ2n) is 6.24. The van der Waals surface area contributed by atoms with Gasteiger partial charge >= 0.3 is 0 Å². The molecule has 0 aromatic heterocycles. The number of aryl methyl sites for hydroxylation is 1. The van der Waals surface area contributed by atoms with Crippen molar-refractivity contribution in [3.63, 3.8) is 0 Å². The largest absolute Gasteiger partial charge is 0.495 e. The number of ether oxygens (including phenoxy) is 1. The van der Waals surface area contributed by atoms with Crippen LogP contribution in [0.3, 0.4) is 0 Å². The highest BCUT2D eigenvalue weighted by Gasteiger charge is 2.23. The lowest BCUT2D eigenvalue weighted by Crippen LogP contribution is -2.49. The number of piperazine rings is 1. The molecule has 2 rings (SSSR count). The average molecular weight is 325 g/mol. The summed E-state index contributed by atoms with van der Waals surface area (Å²) in [4.78, 5) is 16.4. The number of anilines is 1. The van der Waals surface area contributed by atoms with Crippen molar-refractivity contribution in [2.24, 2.45) is 5.92 Å². The van der Waals surface area contributed by atoms with Crippen LogP contribution in [-0.2, 0) is 4.79 Å². The highest BCUT2D eigenvalue weighted by molar-refractivity contribution is 6.31. The van der Waals surface area contributed by atoms with Gasteiger partial charge in [-0.25, -0.2) is 0 Å². The zero-order valence-electron chi connectivity index (χ0n) is 13.9. The molecular formula is C17H25ClN2O2. The molecule has 22 heavy (non-hydrogen) atoms. The summed E-state index contributed by atoms with van der Waals surface area (Å²) < 4.78 is 5.45. The molecule has 0 spiro atoms. The molecule has 1 heterocycles. The number of nitrogens with zero attached hydrogens (tertiary/aromatic N) is 2. The number of carbonyl (C=O) groups excluding carboxylic acids is 1. The van der Waals surface area contributed by atoms with Crippen molar-refractivity contribution < 1.29 is 9.53 Å². The molecule has 5 heteroatoms. The van der Waals surface area contributed by atoms with E-state index in [0.29, 0.717) is 17.4 Å². The molecule has 0 bridgehead atoms. The van der Waals surface area contributed by atoms with Gasteiger partial charge in [-0.15, -0.1) is 0 Å². The number of carbonyl (C=O) groups is 1. The van der Waals surface area contributed by atoms with E-state index in [1.54, 1.807) is 7.11 Å².